The predicted octanol–water partition coefficient (Wildman–Crippen LogP) is 3.05. The minimum Gasteiger partial charge on any atom is -0.355 e. The Hall–Kier alpha value is -1.84. The Morgan fingerprint density at radius 2 is 1.86 bits per heavy atom. The van der Waals surface area contributed by atoms with Crippen molar-refractivity contribution in [3.05, 3.63) is 29.3 Å². The summed E-state index contributed by atoms with van der Waals surface area (Å²) in [6.45, 7) is 9.95. The molecule has 21 heavy (non-hydrogen) atoms. The lowest BCUT2D eigenvalue weighted by Gasteiger charge is -2.17. The molecule has 0 aromatic heterocycles. The van der Waals surface area contributed by atoms with Crippen LogP contribution in [0.25, 0.3) is 0 Å². The third-order valence-electron chi connectivity index (χ3n) is 3.32. The summed E-state index contributed by atoms with van der Waals surface area (Å²) in [5.74, 6) is -0.117. The number of aryl methyl sites for hydroxylation is 2. The van der Waals surface area contributed by atoms with Crippen LogP contribution in [-0.4, -0.2) is 18.4 Å². The molecule has 2 N–H and O–H groups in total. The van der Waals surface area contributed by atoms with Crippen molar-refractivity contribution in [1.82, 2.24) is 5.32 Å². The number of carbonyl (C=O) groups is 2. The van der Waals surface area contributed by atoms with Crippen LogP contribution in [0, 0.1) is 12.3 Å². The summed E-state index contributed by atoms with van der Waals surface area (Å²) < 4.78 is 0. The van der Waals surface area contributed by atoms with E-state index in [0.29, 0.717) is 6.54 Å². The average Bonchev–Trinajstić information content (AvgIpc) is 2.39. The van der Waals surface area contributed by atoms with E-state index in [1.807, 2.05) is 45.9 Å². The summed E-state index contributed by atoms with van der Waals surface area (Å²) in [5, 5.41) is 5.73. The molecular weight excluding hydrogens is 264 g/mol. The fourth-order valence-corrected chi connectivity index (χ4v) is 1.96. The van der Waals surface area contributed by atoms with Crippen LogP contribution in [0.3, 0.4) is 0 Å². The molecule has 0 heterocycles. The maximum atomic E-state index is 12.0. The minimum absolute atomic E-state index is 0.0413. The van der Waals surface area contributed by atoms with Crippen LogP contribution in [-0.2, 0) is 16.0 Å². The molecule has 0 aliphatic rings. The second-order valence-electron chi connectivity index (χ2n) is 6.27. The lowest BCUT2D eigenvalue weighted by molar-refractivity contribution is -0.128. The fourth-order valence-electron chi connectivity index (χ4n) is 1.96. The van der Waals surface area contributed by atoms with Crippen molar-refractivity contribution < 1.29 is 9.59 Å². The van der Waals surface area contributed by atoms with Crippen molar-refractivity contribution in [2.75, 3.05) is 11.9 Å². The Bertz CT molecular complexity index is 516. The van der Waals surface area contributed by atoms with Crippen molar-refractivity contribution >= 4 is 17.5 Å². The third kappa shape index (κ3) is 5.21. The number of benzene rings is 1. The number of rotatable bonds is 5. The van der Waals surface area contributed by atoms with Gasteiger partial charge in [0.1, 0.15) is 0 Å². The van der Waals surface area contributed by atoms with E-state index in [1.165, 1.54) is 0 Å². The largest absolute Gasteiger partial charge is 0.355 e. The molecule has 0 aliphatic heterocycles. The Morgan fingerprint density at radius 3 is 2.43 bits per heavy atom. The van der Waals surface area contributed by atoms with Crippen molar-refractivity contribution in [2.24, 2.45) is 5.41 Å². The summed E-state index contributed by atoms with van der Waals surface area (Å²) in [5.41, 5.74) is 2.65. The molecule has 4 heteroatoms. The Morgan fingerprint density at radius 1 is 1.19 bits per heavy atom. The quantitative estimate of drug-likeness (QED) is 0.875. The second kappa shape index (κ2) is 7.25. The van der Waals surface area contributed by atoms with E-state index in [4.69, 9.17) is 0 Å². The third-order valence-corrected chi connectivity index (χ3v) is 3.32. The van der Waals surface area contributed by atoms with Crippen LogP contribution in [0.4, 0.5) is 5.69 Å². The Balaban J connectivity index is 2.54. The first kappa shape index (κ1) is 17.2. The Labute approximate surface area is 127 Å². The number of anilines is 1. The van der Waals surface area contributed by atoms with Gasteiger partial charge in [0.05, 0.1) is 0 Å². The second-order valence-corrected chi connectivity index (χ2v) is 6.27. The maximum Gasteiger partial charge on any atom is 0.226 e. The smallest absolute Gasteiger partial charge is 0.226 e. The van der Waals surface area contributed by atoms with Crippen molar-refractivity contribution in [3.63, 3.8) is 0 Å². The van der Waals surface area contributed by atoms with Gasteiger partial charge in [-0.15, -0.1) is 0 Å². The van der Waals surface area contributed by atoms with E-state index >= 15 is 0 Å². The monoisotopic (exact) mass is 290 g/mol. The van der Waals surface area contributed by atoms with Gasteiger partial charge in [-0.05, 0) is 24.5 Å². The van der Waals surface area contributed by atoms with E-state index in [1.54, 1.807) is 0 Å². The van der Waals surface area contributed by atoms with Gasteiger partial charge < -0.3 is 10.6 Å². The SMILES string of the molecule is CCc1cccc(C)c1NC(=O)CCNC(=O)C(C)(C)C. The first-order valence-electron chi connectivity index (χ1n) is 7.42. The summed E-state index contributed by atoms with van der Waals surface area (Å²) in [7, 11) is 0. The molecule has 1 aromatic rings. The molecule has 0 saturated carbocycles. The van der Waals surface area contributed by atoms with E-state index in [9.17, 15) is 9.59 Å². The van der Waals surface area contributed by atoms with Gasteiger partial charge in [-0.2, -0.15) is 0 Å². The molecule has 0 fully saturated rings. The minimum atomic E-state index is -0.429. The van der Waals surface area contributed by atoms with Gasteiger partial charge in [-0.3, -0.25) is 9.59 Å². The molecule has 0 spiro atoms. The van der Waals surface area contributed by atoms with Crippen LogP contribution in [0.5, 0.6) is 0 Å². The van der Waals surface area contributed by atoms with Gasteiger partial charge in [-0.25, -0.2) is 0 Å². The van der Waals surface area contributed by atoms with Crippen LogP contribution in [0.2, 0.25) is 0 Å². The summed E-state index contributed by atoms with van der Waals surface area (Å²) in [4.78, 5) is 23.7. The standard InChI is InChI=1S/C17H26N2O2/c1-6-13-9-7-8-12(2)15(13)19-14(20)10-11-18-16(21)17(3,4)5/h7-9H,6,10-11H2,1-5H3,(H,18,21)(H,19,20). The van der Waals surface area contributed by atoms with Crippen molar-refractivity contribution in [3.8, 4) is 0 Å². The summed E-state index contributed by atoms with van der Waals surface area (Å²) >= 11 is 0. The number of amides is 2. The zero-order valence-corrected chi connectivity index (χ0v) is 13.7. The molecule has 0 bridgehead atoms. The Kier molecular flexibility index (Phi) is 5.94. The maximum absolute atomic E-state index is 12.0. The molecule has 2 amide bonds. The fraction of sp³-hybridized carbons (Fsp3) is 0.529. The van der Waals surface area contributed by atoms with E-state index < -0.39 is 5.41 Å². The number of nitrogens with one attached hydrogen (secondary N) is 2. The molecular formula is C17H26N2O2. The average molecular weight is 290 g/mol. The highest BCUT2D eigenvalue weighted by Crippen LogP contribution is 2.21. The van der Waals surface area contributed by atoms with Crippen LogP contribution >= 0.6 is 0 Å². The van der Waals surface area contributed by atoms with Crippen molar-refractivity contribution in [2.45, 2.75) is 47.5 Å². The molecule has 0 unspecified atom stereocenters. The topological polar surface area (TPSA) is 58.2 Å². The highest BCUT2D eigenvalue weighted by atomic mass is 16.2. The molecule has 1 rings (SSSR count). The van der Waals surface area contributed by atoms with Gasteiger partial charge in [0.25, 0.3) is 0 Å². The van der Waals surface area contributed by atoms with Crippen LogP contribution < -0.4 is 10.6 Å². The van der Waals surface area contributed by atoms with Crippen LogP contribution in [0.1, 0.15) is 45.2 Å². The molecule has 4 nitrogen and oxygen atoms in total. The first-order chi connectivity index (χ1) is 9.75. The van der Waals surface area contributed by atoms with Gasteiger partial charge in [0.2, 0.25) is 11.8 Å². The van der Waals surface area contributed by atoms with E-state index in [-0.39, 0.29) is 18.2 Å². The van der Waals surface area contributed by atoms with Gasteiger partial charge in [0, 0.05) is 24.1 Å². The molecule has 0 atom stereocenters. The van der Waals surface area contributed by atoms with E-state index in [0.717, 1.165) is 23.2 Å². The normalized spacial score (nSPS) is 11.1. The lowest BCUT2D eigenvalue weighted by atomic mass is 9.96. The van der Waals surface area contributed by atoms with Gasteiger partial charge in [0.15, 0.2) is 0 Å². The summed E-state index contributed by atoms with van der Waals surface area (Å²) in [6.07, 6.45) is 1.15. The highest BCUT2D eigenvalue weighted by Gasteiger charge is 2.20. The first-order valence-corrected chi connectivity index (χ1v) is 7.42. The molecule has 1 aromatic carbocycles. The number of para-hydroxylation sites is 1. The molecule has 116 valence electrons. The van der Waals surface area contributed by atoms with Gasteiger partial charge >= 0.3 is 0 Å². The number of hydrogen-bond donors (Lipinski definition) is 2. The number of hydrogen-bond acceptors (Lipinski definition) is 2. The highest BCUT2D eigenvalue weighted by molar-refractivity contribution is 5.93. The number of carbonyl (C=O) groups excluding carboxylic acids is 2. The zero-order chi connectivity index (χ0) is 16.0. The summed E-state index contributed by atoms with van der Waals surface area (Å²) in [6, 6.07) is 5.99. The predicted molar refractivity (Wildman–Crippen MR) is 86.3 cm³/mol. The lowest BCUT2D eigenvalue weighted by Crippen LogP contribution is -2.36. The zero-order valence-electron chi connectivity index (χ0n) is 13.7. The van der Waals surface area contributed by atoms with Gasteiger partial charge in [-0.1, -0.05) is 45.9 Å². The van der Waals surface area contributed by atoms with E-state index in [2.05, 4.69) is 17.6 Å². The van der Waals surface area contributed by atoms with Crippen LogP contribution in [0.15, 0.2) is 18.2 Å². The molecule has 0 aliphatic carbocycles. The van der Waals surface area contributed by atoms with Crippen molar-refractivity contribution in [1.29, 1.82) is 0 Å². The molecule has 0 saturated heterocycles. The molecule has 0 radical (unpaired) electrons.